The Bertz CT molecular complexity index is 829. The Labute approximate surface area is 159 Å². The van der Waals surface area contributed by atoms with Crippen molar-refractivity contribution in [3.63, 3.8) is 0 Å². The molecule has 0 saturated heterocycles. The lowest BCUT2D eigenvalue weighted by Crippen LogP contribution is -2.00. The first kappa shape index (κ1) is 18.1. The Morgan fingerprint density at radius 1 is 0.692 bits per heavy atom. The van der Waals surface area contributed by atoms with Crippen molar-refractivity contribution < 1.29 is 9.47 Å². The highest BCUT2D eigenvalue weighted by Gasteiger charge is 2.07. The smallest absolute Gasteiger partial charge is 0.162 e. The van der Waals surface area contributed by atoms with Gasteiger partial charge in [-0.1, -0.05) is 78.9 Å². The number of alkyl halides is 1. The Kier molecular flexibility index (Phi) is 6.74. The van der Waals surface area contributed by atoms with Gasteiger partial charge in [0.25, 0.3) is 0 Å². The molecule has 0 radical (unpaired) electrons. The molecule has 0 heterocycles. The quantitative estimate of drug-likeness (QED) is 0.450. The van der Waals surface area contributed by atoms with Gasteiger partial charge >= 0.3 is 0 Å². The van der Waals surface area contributed by atoms with Crippen LogP contribution in [-0.2, 0) is 13.2 Å². The summed E-state index contributed by atoms with van der Waals surface area (Å²) in [6.07, 6.45) is 3.88. The van der Waals surface area contributed by atoms with Gasteiger partial charge in [-0.25, -0.2) is 0 Å². The summed E-state index contributed by atoms with van der Waals surface area (Å²) < 4.78 is 12.0. The van der Waals surface area contributed by atoms with Crippen molar-refractivity contribution >= 4 is 17.7 Å². The lowest BCUT2D eigenvalue weighted by atomic mass is 10.2. The molecule has 0 atom stereocenters. The SMILES string of the molecule is ClCC=Cc1ccc(OCc2ccccc2)c(OCc2ccccc2)c1. The third-order valence-electron chi connectivity index (χ3n) is 3.84. The maximum atomic E-state index is 6.04. The normalized spacial score (nSPS) is 10.8. The fourth-order valence-electron chi connectivity index (χ4n) is 2.51. The van der Waals surface area contributed by atoms with Crippen molar-refractivity contribution in [1.82, 2.24) is 0 Å². The third kappa shape index (κ3) is 5.40. The van der Waals surface area contributed by atoms with E-state index in [2.05, 4.69) is 0 Å². The standard InChI is InChI=1S/C23H21ClO2/c24-15-7-12-19-13-14-22(25-17-20-8-3-1-4-9-20)23(16-19)26-18-21-10-5-2-6-11-21/h1-14,16H,15,17-18H2. The van der Waals surface area contributed by atoms with Gasteiger partial charge in [-0.15, -0.1) is 11.6 Å². The molecule has 0 bridgehead atoms. The number of allylic oxidation sites excluding steroid dienone is 1. The second-order valence-electron chi connectivity index (χ2n) is 5.81. The molecular formula is C23H21ClO2. The maximum Gasteiger partial charge on any atom is 0.162 e. The summed E-state index contributed by atoms with van der Waals surface area (Å²) in [5, 5.41) is 0. The Balaban J connectivity index is 1.76. The highest BCUT2D eigenvalue weighted by molar-refractivity contribution is 6.19. The van der Waals surface area contributed by atoms with E-state index in [9.17, 15) is 0 Å². The number of halogens is 1. The van der Waals surface area contributed by atoms with Crippen LogP contribution in [0.3, 0.4) is 0 Å². The van der Waals surface area contributed by atoms with E-state index in [0.29, 0.717) is 19.1 Å². The molecule has 3 rings (SSSR count). The van der Waals surface area contributed by atoms with E-state index in [4.69, 9.17) is 21.1 Å². The van der Waals surface area contributed by atoms with Gasteiger partial charge in [0.2, 0.25) is 0 Å². The molecule has 0 N–H and O–H groups in total. The summed E-state index contributed by atoms with van der Waals surface area (Å²) in [5.74, 6) is 1.93. The molecule has 0 fully saturated rings. The van der Waals surface area contributed by atoms with E-state index in [1.807, 2.05) is 91.0 Å². The van der Waals surface area contributed by atoms with E-state index in [0.717, 1.165) is 28.2 Å². The molecule has 0 unspecified atom stereocenters. The minimum absolute atomic E-state index is 0.479. The minimum atomic E-state index is 0.479. The lowest BCUT2D eigenvalue weighted by Gasteiger charge is -2.14. The highest BCUT2D eigenvalue weighted by Crippen LogP contribution is 2.30. The van der Waals surface area contributed by atoms with Crippen LogP contribution < -0.4 is 9.47 Å². The van der Waals surface area contributed by atoms with Gasteiger partial charge in [-0.05, 0) is 28.8 Å². The first-order chi connectivity index (χ1) is 12.8. The van der Waals surface area contributed by atoms with E-state index in [-0.39, 0.29) is 0 Å². The molecule has 0 aliphatic carbocycles. The zero-order valence-corrected chi connectivity index (χ0v) is 15.2. The number of hydrogen-bond donors (Lipinski definition) is 0. The summed E-state index contributed by atoms with van der Waals surface area (Å²) >= 11 is 5.74. The largest absolute Gasteiger partial charge is 0.485 e. The van der Waals surface area contributed by atoms with Gasteiger partial charge in [0.05, 0.1) is 0 Å². The molecule has 3 heteroatoms. The average molecular weight is 365 g/mol. The van der Waals surface area contributed by atoms with Crippen LogP contribution in [0, 0.1) is 0 Å². The fraction of sp³-hybridized carbons (Fsp3) is 0.130. The Morgan fingerprint density at radius 2 is 1.27 bits per heavy atom. The number of ether oxygens (including phenoxy) is 2. The second-order valence-corrected chi connectivity index (χ2v) is 6.12. The summed E-state index contributed by atoms with van der Waals surface area (Å²) in [5.41, 5.74) is 3.26. The predicted octanol–water partition coefficient (Wildman–Crippen LogP) is 6.10. The molecule has 3 aromatic carbocycles. The minimum Gasteiger partial charge on any atom is -0.485 e. The number of rotatable bonds is 8. The van der Waals surface area contributed by atoms with Gasteiger partial charge in [0.15, 0.2) is 11.5 Å². The highest BCUT2D eigenvalue weighted by atomic mass is 35.5. The Morgan fingerprint density at radius 3 is 1.85 bits per heavy atom. The van der Waals surface area contributed by atoms with Crippen molar-refractivity contribution in [3.8, 4) is 11.5 Å². The van der Waals surface area contributed by atoms with Crippen LogP contribution in [0.4, 0.5) is 0 Å². The van der Waals surface area contributed by atoms with Crippen LogP contribution in [-0.4, -0.2) is 5.88 Å². The summed E-state index contributed by atoms with van der Waals surface area (Å²) in [4.78, 5) is 0. The van der Waals surface area contributed by atoms with Crippen LogP contribution in [0.5, 0.6) is 11.5 Å². The summed E-state index contributed by atoms with van der Waals surface area (Å²) in [6.45, 7) is 0.991. The average Bonchev–Trinajstić information content (AvgIpc) is 2.71. The van der Waals surface area contributed by atoms with Gasteiger partial charge < -0.3 is 9.47 Å². The lowest BCUT2D eigenvalue weighted by molar-refractivity contribution is 0.256. The molecule has 0 aliphatic rings. The molecular weight excluding hydrogens is 344 g/mol. The monoisotopic (exact) mass is 364 g/mol. The van der Waals surface area contributed by atoms with Gasteiger partial charge in [0, 0.05) is 5.88 Å². The maximum absolute atomic E-state index is 6.04. The molecule has 2 nitrogen and oxygen atoms in total. The fourth-order valence-corrected chi connectivity index (χ4v) is 2.60. The van der Waals surface area contributed by atoms with Crippen LogP contribution >= 0.6 is 11.6 Å². The molecule has 0 spiro atoms. The topological polar surface area (TPSA) is 18.5 Å². The molecule has 132 valence electrons. The van der Waals surface area contributed by atoms with Crippen LogP contribution in [0.15, 0.2) is 84.9 Å². The van der Waals surface area contributed by atoms with Crippen molar-refractivity contribution in [1.29, 1.82) is 0 Å². The first-order valence-electron chi connectivity index (χ1n) is 8.55. The third-order valence-corrected chi connectivity index (χ3v) is 4.02. The summed E-state index contributed by atoms with van der Waals surface area (Å²) in [7, 11) is 0. The predicted molar refractivity (Wildman–Crippen MR) is 108 cm³/mol. The van der Waals surface area contributed by atoms with Crippen molar-refractivity contribution in [3.05, 3.63) is 102 Å². The van der Waals surface area contributed by atoms with E-state index < -0.39 is 0 Å². The molecule has 26 heavy (non-hydrogen) atoms. The zero-order valence-electron chi connectivity index (χ0n) is 14.5. The van der Waals surface area contributed by atoms with Gasteiger partial charge in [-0.2, -0.15) is 0 Å². The number of benzene rings is 3. The van der Waals surface area contributed by atoms with Gasteiger partial charge in [0.1, 0.15) is 13.2 Å². The van der Waals surface area contributed by atoms with E-state index >= 15 is 0 Å². The molecule has 0 aliphatic heterocycles. The zero-order chi connectivity index (χ0) is 18.0. The Hall–Kier alpha value is -2.71. The van der Waals surface area contributed by atoms with Crippen molar-refractivity contribution in [2.75, 3.05) is 5.88 Å². The van der Waals surface area contributed by atoms with E-state index in [1.165, 1.54) is 0 Å². The van der Waals surface area contributed by atoms with Crippen LogP contribution in [0.2, 0.25) is 0 Å². The van der Waals surface area contributed by atoms with Crippen LogP contribution in [0.1, 0.15) is 16.7 Å². The molecule has 0 saturated carbocycles. The summed E-state index contributed by atoms with van der Waals surface area (Å²) in [6, 6.07) is 26.1. The molecule has 3 aromatic rings. The van der Waals surface area contributed by atoms with Gasteiger partial charge in [-0.3, -0.25) is 0 Å². The molecule has 0 aromatic heterocycles. The first-order valence-corrected chi connectivity index (χ1v) is 9.08. The number of hydrogen-bond acceptors (Lipinski definition) is 2. The van der Waals surface area contributed by atoms with Crippen molar-refractivity contribution in [2.24, 2.45) is 0 Å². The van der Waals surface area contributed by atoms with Crippen LogP contribution in [0.25, 0.3) is 6.08 Å². The second kappa shape index (κ2) is 9.69. The van der Waals surface area contributed by atoms with E-state index in [1.54, 1.807) is 0 Å². The molecule has 0 amide bonds. The van der Waals surface area contributed by atoms with Crippen molar-refractivity contribution in [2.45, 2.75) is 13.2 Å².